The van der Waals surface area contributed by atoms with Crippen LogP contribution in [0.2, 0.25) is 5.02 Å². The largest absolute Gasteiger partial charge is 0.456 e. The molecular weight excluding hydrogens is 586 g/mol. The molecule has 4 nitrogen and oxygen atoms in total. The maximum absolute atomic E-state index is 6.92. The Labute approximate surface area is 269 Å². The van der Waals surface area contributed by atoms with Crippen molar-refractivity contribution in [3.63, 3.8) is 0 Å². The van der Waals surface area contributed by atoms with Gasteiger partial charge in [-0.25, -0.2) is 15.0 Å². The molecule has 46 heavy (non-hydrogen) atoms. The summed E-state index contributed by atoms with van der Waals surface area (Å²) in [5, 5.41) is 7.30. The van der Waals surface area contributed by atoms with E-state index in [-0.39, 0.29) is 0 Å². The highest BCUT2D eigenvalue weighted by Crippen LogP contribution is 2.40. The van der Waals surface area contributed by atoms with Crippen LogP contribution >= 0.6 is 11.6 Å². The molecule has 0 spiro atoms. The van der Waals surface area contributed by atoms with Gasteiger partial charge < -0.3 is 4.42 Å². The Morgan fingerprint density at radius 1 is 0.413 bits per heavy atom. The van der Waals surface area contributed by atoms with Crippen molar-refractivity contribution in [3.8, 4) is 45.3 Å². The summed E-state index contributed by atoms with van der Waals surface area (Å²) in [4.78, 5) is 15.1. The zero-order valence-corrected chi connectivity index (χ0v) is 25.2. The van der Waals surface area contributed by atoms with Crippen LogP contribution in [0, 0.1) is 0 Å². The minimum atomic E-state index is 0.573. The Morgan fingerprint density at radius 3 is 1.59 bits per heavy atom. The number of hydrogen-bond donors (Lipinski definition) is 0. The van der Waals surface area contributed by atoms with Crippen LogP contribution in [-0.4, -0.2) is 15.0 Å². The van der Waals surface area contributed by atoms with Crippen molar-refractivity contribution < 1.29 is 4.42 Å². The zero-order chi connectivity index (χ0) is 30.6. The maximum Gasteiger partial charge on any atom is 0.164 e. The third-order valence-corrected chi connectivity index (χ3v) is 8.90. The van der Waals surface area contributed by atoms with Crippen LogP contribution in [0.5, 0.6) is 0 Å². The monoisotopic (exact) mass is 609 g/mol. The Balaban J connectivity index is 1.25. The average Bonchev–Trinajstić information content (AvgIpc) is 3.50. The molecule has 0 amide bonds. The minimum absolute atomic E-state index is 0.573. The van der Waals surface area contributed by atoms with Crippen molar-refractivity contribution in [2.45, 2.75) is 0 Å². The fourth-order valence-corrected chi connectivity index (χ4v) is 6.51. The van der Waals surface area contributed by atoms with E-state index < -0.39 is 0 Å². The molecular formula is C41H24ClN3O. The van der Waals surface area contributed by atoms with E-state index in [1.54, 1.807) is 0 Å². The Hall–Kier alpha value is -5.84. The third kappa shape index (κ3) is 4.50. The number of halogens is 1. The van der Waals surface area contributed by atoms with Crippen LogP contribution in [0.1, 0.15) is 0 Å². The van der Waals surface area contributed by atoms with Gasteiger partial charge in [0.05, 0.1) is 0 Å². The molecule has 0 radical (unpaired) electrons. The van der Waals surface area contributed by atoms with Crippen LogP contribution in [0.3, 0.4) is 0 Å². The molecule has 9 rings (SSSR count). The Bertz CT molecular complexity index is 2530. The standard InChI is InChI=1S/C41H24ClN3O/c42-35-21-20-31(24-34(35)32-13-7-15-37-38(32)33-12-5-6-14-36(33)46-37)41-44-39(29-18-16-25-8-1-3-10-27(25)22-29)43-40(45-41)30-19-17-26-9-2-4-11-28(26)23-30/h1-24H. The molecule has 2 aromatic heterocycles. The molecule has 0 aliphatic heterocycles. The summed E-state index contributed by atoms with van der Waals surface area (Å²) < 4.78 is 6.18. The van der Waals surface area contributed by atoms with E-state index in [2.05, 4.69) is 78.9 Å². The van der Waals surface area contributed by atoms with Gasteiger partial charge in [-0.2, -0.15) is 0 Å². The average molecular weight is 610 g/mol. The minimum Gasteiger partial charge on any atom is -0.456 e. The topological polar surface area (TPSA) is 51.8 Å². The van der Waals surface area contributed by atoms with Gasteiger partial charge in [0, 0.05) is 38.0 Å². The van der Waals surface area contributed by atoms with E-state index in [1.165, 1.54) is 10.8 Å². The number of furan rings is 1. The number of nitrogens with zero attached hydrogens (tertiary/aromatic N) is 3. The predicted octanol–water partition coefficient (Wildman–Crippen LogP) is 11.4. The second kappa shape index (κ2) is 10.7. The number of aromatic nitrogens is 3. The highest BCUT2D eigenvalue weighted by molar-refractivity contribution is 6.34. The molecule has 0 aliphatic carbocycles. The van der Waals surface area contributed by atoms with Crippen molar-refractivity contribution >= 4 is 55.1 Å². The Kier molecular flexibility index (Phi) is 6.15. The summed E-state index contributed by atoms with van der Waals surface area (Å²) in [6.07, 6.45) is 0. The van der Waals surface area contributed by atoms with Crippen molar-refractivity contribution in [3.05, 3.63) is 151 Å². The molecule has 0 aliphatic rings. The number of fused-ring (bicyclic) bond motifs is 5. The van der Waals surface area contributed by atoms with Crippen LogP contribution in [0.4, 0.5) is 0 Å². The van der Waals surface area contributed by atoms with E-state index in [0.717, 1.165) is 60.5 Å². The van der Waals surface area contributed by atoms with Gasteiger partial charge in [-0.1, -0.05) is 115 Å². The molecule has 9 aromatic rings. The quantitative estimate of drug-likeness (QED) is 0.199. The molecule has 0 atom stereocenters. The highest BCUT2D eigenvalue weighted by Gasteiger charge is 2.18. The van der Waals surface area contributed by atoms with E-state index in [4.69, 9.17) is 31.0 Å². The summed E-state index contributed by atoms with van der Waals surface area (Å²) >= 11 is 6.92. The van der Waals surface area contributed by atoms with Crippen molar-refractivity contribution in [2.24, 2.45) is 0 Å². The smallest absolute Gasteiger partial charge is 0.164 e. The second-order valence-corrected chi connectivity index (χ2v) is 11.8. The third-order valence-electron chi connectivity index (χ3n) is 8.57. The predicted molar refractivity (Wildman–Crippen MR) is 189 cm³/mol. The van der Waals surface area contributed by atoms with Gasteiger partial charge in [0.15, 0.2) is 17.5 Å². The first-order valence-corrected chi connectivity index (χ1v) is 15.5. The molecule has 0 bridgehead atoms. The van der Waals surface area contributed by atoms with E-state index in [0.29, 0.717) is 22.5 Å². The lowest BCUT2D eigenvalue weighted by Gasteiger charge is -2.12. The number of hydrogen-bond acceptors (Lipinski definition) is 4. The molecule has 0 N–H and O–H groups in total. The lowest BCUT2D eigenvalue weighted by Crippen LogP contribution is -2.00. The first-order chi connectivity index (χ1) is 22.7. The summed E-state index contributed by atoms with van der Waals surface area (Å²) in [6, 6.07) is 49.4. The highest BCUT2D eigenvalue weighted by atomic mass is 35.5. The Morgan fingerprint density at radius 2 is 0.935 bits per heavy atom. The maximum atomic E-state index is 6.92. The molecule has 0 saturated heterocycles. The SMILES string of the molecule is Clc1ccc(-c2nc(-c3ccc4ccccc4c3)nc(-c3ccc4ccccc4c3)n2)cc1-c1cccc2oc3ccccc3c12. The number of para-hydroxylation sites is 1. The summed E-state index contributed by atoms with van der Waals surface area (Å²) in [5.74, 6) is 1.79. The summed E-state index contributed by atoms with van der Waals surface area (Å²) in [5.41, 5.74) is 6.23. The van der Waals surface area contributed by atoms with E-state index >= 15 is 0 Å². The number of rotatable bonds is 4. The lowest BCUT2D eigenvalue weighted by atomic mass is 9.97. The van der Waals surface area contributed by atoms with Crippen LogP contribution in [-0.2, 0) is 0 Å². The van der Waals surface area contributed by atoms with Gasteiger partial charge in [-0.05, 0) is 69.6 Å². The molecule has 216 valence electrons. The fourth-order valence-electron chi connectivity index (χ4n) is 6.29. The first-order valence-electron chi connectivity index (χ1n) is 15.1. The first kappa shape index (κ1) is 26.6. The van der Waals surface area contributed by atoms with Gasteiger partial charge in [0.25, 0.3) is 0 Å². The summed E-state index contributed by atoms with van der Waals surface area (Å²) in [6.45, 7) is 0. The van der Waals surface area contributed by atoms with Crippen LogP contribution < -0.4 is 0 Å². The zero-order valence-electron chi connectivity index (χ0n) is 24.5. The van der Waals surface area contributed by atoms with Gasteiger partial charge in [-0.15, -0.1) is 0 Å². The van der Waals surface area contributed by atoms with Gasteiger partial charge in [-0.3, -0.25) is 0 Å². The van der Waals surface area contributed by atoms with Gasteiger partial charge in [0.2, 0.25) is 0 Å². The normalized spacial score (nSPS) is 11.6. The molecule has 0 saturated carbocycles. The second-order valence-electron chi connectivity index (χ2n) is 11.4. The fraction of sp³-hybridized carbons (Fsp3) is 0. The molecule has 5 heteroatoms. The van der Waals surface area contributed by atoms with Gasteiger partial charge >= 0.3 is 0 Å². The van der Waals surface area contributed by atoms with E-state index in [9.17, 15) is 0 Å². The number of benzene rings is 7. The van der Waals surface area contributed by atoms with Crippen molar-refractivity contribution in [1.82, 2.24) is 15.0 Å². The molecule has 0 fully saturated rings. The van der Waals surface area contributed by atoms with E-state index in [1.807, 2.05) is 66.7 Å². The molecule has 7 aromatic carbocycles. The van der Waals surface area contributed by atoms with Crippen molar-refractivity contribution in [2.75, 3.05) is 0 Å². The van der Waals surface area contributed by atoms with Crippen molar-refractivity contribution in [1.29, 1.82) is 0 Å². The van der Waals surface area contributed by atoms with Crippen LogP contribution in [0.15, 0.2) is 150 Å². The molecule has 0 unspecified atom stereocenters. The summed E-state index contributed by atoms with van der Waals surface area (Å²) in [7, 11) is 0. The molecule has 2 heterocycles. The van der Waals surface area contributed by atoms with Crippen LogP contribution in [0.25, 0.3) is 88.8 Å². The van der Waals surface area contributed by atoms with Gasteiger partial charge in [0.1, 0.15) is 11.2 Å². The lowest BCUT2D eigenvalue weighted by molar-refractivity contribution is 0.669.